The maximum absolute atomic E-state index is 13.8. The Morgan fingerprint density at radius 2 is 2.00 bits per heavy atom. The summed E-state index contributed by atoms with van der Waals surface area (Å²) in [7, 11) is 0. The van der Waals surface area contributed by atoms with Crippen molar-refractivity contribution in [3.05, 3.63) is 35.1 Å². The fraction of sp³-hybridized carbons (Fsp3) is 0.462. The Morgan fingerprint density at radius 3 is 2.56 bits per heavy atom. The second-order valence-electron chi connectivity index (χ2n) is 4.78. The zero-order valence-electron chi connectivity index (χ0n) is 10.2. The number of carbonyl (C=O) groups is 1. The van der Waals surface area contributed by atoms with Crippen LogP contribution in [0.2, 0.25) is 0 Å². The average molecular weight is 253 g/mol. The van der Waals surface area contributed by atoms with Crippen LogP contribution in [0, 0.1) is 12.7 Å². The lowest BCUT2D eigenvalue weighted by molar-refractivity contribution is -0.0239. The molecule has 0 aliphatic carbocycles. The molecule has 5 heteroatoms. The molecule has 0 spiro atoms. The van der Waals surface area contributed by atoms with Gasteiger partial charge in [-0.1, -0.05) is 17.7 Å². The predicted octanol–water partition coefficient (Wildman–Crippen LogP) is 2.10. The van der Waals surface area contributed by atoms with E-state index in [0.29, 0.717) is 0 Å². The summed E-state index contributed by atoms with van der Waals surface area (Å²) >= 11 is 0. The van der Waals surface area contributed by atoms with Gasteiger partial charge in [0.15, 0.2) is 0 Å². The van der Waals surface area contributed by atoms with Crippen molar-refractivity contribution in [3.63, 3.8) is 0 Å². The first-order valence-electron chi connectivity index (χ1n) is 5.89. The van der Waals surface area contributed by atoms with Crippen molar-refractivity contribution in [1.82, 2.24) is 4.90 Å². The number of aliphatic hydroxyl groups is 1. The molecule has 0 aromatic heterocycles. The van der Waals surface area contributed by atoms with Gasteiger partial charge in [-0.2, -0.15) is 0 Å². The van der Waals surface area contributed by atoms with Crippen LogP contribution in [0.15, 0.2) is 18.2 Å². The fourth-order valence-electron chi connectivity index (χ4n) is 2.33. The topological polar surface area (TPSA) is 60.8 Å². The van der Waals surface area contributed by atoms with Gasteiger partial charge in [-0.05, 0) is 25.8 Å². The van der Waals surface area contributed by atoms with Gasteiger partial charge in [0.05, 0.1) is 5.60 Å². The molecule has 2 rings (SSSR count). The number of halogens is 1. The molecule has 0 atom stereocenters. The predicted molar refractivity (Wildman–Crippen MR) is 63.9 cm³/mol. The molecule has 1 aliphatic heterocycles. The Balaban J connectivity index is 2.23. The van der Waals surface area contributed by atoms with Crippen molar-refractivity contribution in [2.24, 2.45) is 0 Å². The smallest absolute Gasteiger partial charge is 0.407 e. The molecule has 0 saturated carbocycles. The molecule has 1 saturated heterocycles. The number of nitrogens with zero attached hydrogens (tertiary/aromatic N) is 1. The normalized spacial score (nSPS) is 18.7. The quantitative estimate of drug-likeness (QED) is 0.805. The minimum absolute atomic E-state index is 0.221. The molecular weight excluding hydrogens is 237 g/mol. The van der Waals surface area contributed by atoms with Crippen LogP contribution in [-0.4, -0.2) is 34.3 Å². The third kappa shape index (κ3) is 2.31. The molecule has 0 unspecified atom stereocenters. The van der Waals surface area contributed by atoms with E-state index in [0.717, 1.165) is 5.56 Å². The van der Waals surface area contributed by atoms with Crippen LogP contribution in [0.4, 0.5) is 9.18 Å². The molecule has 4 nitrogen and oxygen atoms in total. The van der Waals surface area contributed by atoms with Crippen molar-refractivity contribution < 1.29 is 19.4 Å². The number of piperidine rings is 1. The number of rotatable bonds is 1. The molecular formula is C13H16FNO3. The van der Waals surface area contributed by atoms with E-state index in [1.54, 1.807) is 12.1 Å². The van der Waals surface area contributed by atoms with Crippen molar-refractivity contribution in [1.29, 1.82) is 0 Å². The summed E-state index contributed by atoms with van der Waals surface area (Å²) in [6.45, 7) is 2.27. The molecule has 1 heterocycles. The minimum Gasteiger partial charge on any atom is -0.465 e. The number of benzene rings is 1. The maximum Gasteiger partial charge on any atom is 0.407 e. The summed E-state index contributed by atoms with van der Waals surface area (Å²) in [5.74, 6) is -0.438. The van der Waals surface area contributed by atoms with E-state index in [1.165, 1.54) is 11.0 Å². The van der Waals surface area contributed by atoms with Crippen LogP contribution in [0.5, 0.6) is 0 Å². The van der Waals surface area contributed by atoms with E-state index >= 15 is 0 Å². The first-order valence-corrected chi connectivity index (χ1v) is 5.89. The summed E-state index contributed by atoms with van der Waals surface area (Å²) < 4.78 is 13.8. The molecule has 18 heavy (non-hydrogen) atoms. The number of hydrogen-bond donors (Lipinski definition) is 2. The summed E-state index contributed by atoms with van der Waals surface area (Å²) in [6, 6.07) is 4.62. The van der Waals surface area contributed by atoms with Gasteiger partial charge in [-0.25, -0.2) is 9.18 Å². The minimum atomic E-state index is -1.26. The number of hydrogen-bond acceptors (Lipinski definition) is 2. The third-order valence-electron chi connectivity index (χ3n) is 3.48. The molecule has 0 bridgehead atoms. The monoisotopic (exact) mass is 253 g/mol. The third-order valence-corrected chi connectivity index (χ3v) is 3.48. The van der Waals surface area contributed by atoms with Crippen LogP contribution in [0.3, 0.4) is 0 Å². The molecule has 1 fully saturated rings. The van der Waals surface area contributed by atoms with Crippen molar-refractivity contribution in [3.8, 4) is 0 Å². The van der Waals surface area contributed by atoms with Crippen molar-refractivity contribution in [2.75, 3.05) is 13.1 Å². The Bertz CT molecular complexity index is 467. The highest BCUT2D eigenvalue weighted by Gasteiger charge is 2.37. The summed E-state index contributed by atoms with van der Waals surface area (Å²) in [5.41, 5.74) is -0.116. The number of likely N-dealkylation sites (tertiary alicyclic amines) is 1. The first kappa shape index (κ1) is 12.8. The van der Waals surface area contributed by atoms with Gasteiger partial charge >= 0.3 is 6.09 Å². The molecule has 1 amide bonds. The van der Waals surface area contributed by atoms with E-state index in [9.17, 15) is 14.3 Å². The Hall–Kier alpha value is -1.62. The van der Waals surface area contributed by atoms with E-state index in [4.69, 9.17) is 5.11 Å². The lowest BCUT2D eigenvalue weighted by atomic mass is 9.83. The van der Waals surface area contributed by atoms with Gasteiger partial charge in [0.25, 0.3) is 0 Å². The van der Waals surface area contributed by atoms with Gasteiger partial charge in [-0.3, -0.25) is 0 Å². The second-order valence-corrected chi connectivity index (χ2v) is 4.78. The highest BCUT2D eigenvalue weighted by Crippen LogP contribution is 2.34. The van der Waals surface area contributed by atoms with Gasteiger partial charge in [-0.15, -0.1) is 0 Å². The van der Waals surface area contributed by atoms with E-state index in [-0.39, 0.29) is 31.5 Å². The highest BCUT2D eigenvalue weighted by atomic mass is 19.1. The maximum atomic E-state index is 13.8. The molecule has 2 N–H and O–H groups in total. The molecule has 1 aromatic carbocycles. The Kier molecular flexibility index (Phi) is 3.26. The van der Waals surface area contributed by atoms with E-state index < -0.39 is 17.5 Å². The molecule has 1 aromatic rings. The Morgan fingerprint density at radius 1 is 1.39 bits per heavy atom. The van der Waals surface area contributed by atoms with Crippen molar-refractivity contribution in [2.45, 2.75) is 25.4 Å². The van der Waals surface area contributed by atoms with Crippen LogP contribution in [-0.2, 0) is 5.60 Å². The van der Waals surface area contributed by atoms with Crippen LogP contribution in [0.1, 0.15) is 24.0 Å². The summed E-state index contributed by atoms with van der Waals surface area (Å²) in [6.07, 6.45) is -0.555. The lowest BCUT2D eigenvalue weighted by Crippen LogP contribution is -2.45. The SMILES string of the molecule is Cc1ccc(F)c(C2(O)CCN(C(=O)O)CC2)c1. The molecule has 0 radical (unpaired) electrons. The number of amides is 1. The zero-order chi connectivity index (χ0) is 13.3. The van der Waals surface area contributed by atoms with Crippen LogP contribution >= 0.6 is 0 Å². The number of aryl methyl sites for hydroxylation is 1. The summed E-state index contributed by atoms with van der Waals surface area (Å²) in [4.78, 5) is 12.0. The largest absolute Gasteiger partial charge is 0.465 e. The van der Waals surface area contributed by atoms with Gasteiger partial charge in [0.1, 0.15) is 5.82 Å². The van der Waals surface area contributed by atoms with Gasteiger partial charge in [0.2, 0.25) is 0 Å². The van der Waals surface area contributed by atoms with Crippen LogP contribution < -0.4 is 0 Å². The second kappa shape index (κ2) is 4.57. The van der Waals surface area contributed by atoms with E-state index in [2.05, 4.69) is 0 Å². The first-order chi connectivity index (χ1) is 8.42. The summed E-state index contributed by atoms with van der Waals surface area (Å²) in [5, 5.41) is 19.3. The lowest BCUT2D eigenvalue weighted by Gasteiger charge is -2.37. The highest BCUT2D eigenvalue weighted by molar-refractivity contribution is 5.65. The van der Waals surface area contributed by atoms with Gasteiger partial charge < -0.3 is 15.1 Å². The van der Waals surface area contributed by atoms with E-state index in [1.807, 2.05) is 6.92 Å². The molecule has 1 aliphatic rings. The van der Waals surface area contributed by atoms with Crippen LogP contribution in [0.25, 0.3) is 0 Å². The average Bonchev–Trinajstić information content (AvgIpc) is 2.32. The van der Waals surface area contributed by atoms with Crippen molar-refractivity contribution >= 4 is 6.09 Å². The zero-order valence-corrected chi connectivity index (χ0v) is 10.2. The fourth-order valence-corrected chi connectivity index (χ4v) is 2.33. The number of carboxylic acid groups (broad SMARTS) is 1. The van der Waals surface area contributed by atoms with Gasteiger partial charge in [0, 0.05) is 18.7 Å². The standard InChI is InChI=1S/C13H16FNO3/c1-9-2-3-11(14)10(8-9)13(18)4-6-15(7-5-13)12(16)17/h2-3,8,18H,4-7H2,1H3,(H,16,17). The Labute approximate surface area is 105 Å². The molecule has 98 valence electrons.